The molecule has 3 N–H and O–H groups in total. The Kier molecular flexibility index (Phi) is 6.98. The van der Waals surface area contributed by atoms with Crippen LogP contribution in [-0.4, -0.2) is 35.3 Å². The van der Waals surface area contributed by atoms with E-state index in [0.717, 1.165) is 12.0 Å². The van der Waals surface area contributed by atoms with Crippen molar-refractivity contribution in [1.82, 2.24) is 10.2 Å². The molecule has 3 atom stereocenters. The summed E-state index contributed by atoms with van der Waals surface area (Å²) in [4.78, 5) is 27.4. The van der Waals surface area contributed by atoms with E-state index in [-0.39, 0.29) is 23.4 Å². The number of carbonyl (C=O) groups excluding carboxylic acids is 2. The third-order valence-electron chi connectivity index (χ3n) is 6.06. The highest BCUT2D eigenvalue weighted by Crippen LogP contribution is 2.28. The molecule has 7 heteroatoms. The Labute approximate surface area is 188 Å². The van der Waals surface area contributed by atoms with Crippen molar-refractivity contribution < 1.29 is 18.4 Å². The topological polar surface area (TPSA) is 75.4 Å². The van der Waals surface area contributed by atoms with Gasteiger partial charge in [-0.25, -0.2) is 8.78 Å². The smallest absolute Gasteiger partial charge is 0.243 e. The van der Waals surface area contributed by atoms with Gasteiger partial charge in [0.25, 0.3) is 0 Å². The molecule has 3 rings (SSSR count). The molecule has 0 radical (unpaired) electrons. The number of nitrogens with zero attached hydrogens (tertiary/aromatic N) is 1. The van der Waals surface area contributed by atoms with Crippen LogP contribution in [0.25, 0.3) is 11.1 Å². The van der Waals surface area contributed by atoms with Crippen molar-refractivity contribution in [3.05, 3.63) is 59.7 Å². The second-order valence-electron chi connectivity index (χ2n) is 9.48. The summed E-state index contributed by atoms with van der Waals surface area (Å²) in [5.41, 5.74) is 6.88. The van der Waals surface area contributed by atoms with E-state index in [0.29, 0.717) is 18.5 Å². The first-order chi connectivity index (χ1) is 15.0. The molecule has 1 fully saturated rings. The number of nitrogens with one attached hydrogen (secondary N) is 1. The summed E-state index contributed by atoms with van der Waals surface area (Å²) in [6.45, 7) is 8.05. The van der Waals surface area contributed by atoms with Crippen LogP contribution in [0.5, 0.6) is 0 Å². The van der Waals surface area contributed by atoms with E-state index in [9.17, 15) is 18.4 Å². The van der Waals surface area contributed by atoms with E-state index < -0.39 is 29.1 Å². The summed E-state index contributed by atoms with van der Waals surface area (Å²) in [6.07, 6.45) is 1.34. The summed E-state index contributed by atoms with van der Waals surface area (Å²) < 4.78 is 28.1. The van der Waals surface area contributed by atoms with Gasteiger partial charge in [0, 0.05) is 6.54 Å². The van der Waals surface area contributed by atoms with Gasteiger partial charge in [0.2, 0.25) is 11.8 Å². The van der Waals surface area contributed by atoms with Crippen molar-refractivity contribution in [2.75, 3.05) is 6.54 Å². The Morgan fingerprint density at radius 1 is 1.09 bits per heavy atom. The first-order valence-corrected chi connectivity index (χ1v) is 10.9. The number of hydrogen-bond acceptors (Lipinski definition) is 3. The molecule has 0 aromatic heterocycles. The molecule has 1 heterocycles. The van der Waals surface area contributed by atoms with Crippen molar-refractivity contribution in [1.29, 1.82) is 0 Å². The molecule has 5 nitrogen and oxygen atoms in total. The molecular formula is C25H31F2N3O2. The van der Waals surface area contributed by atoms with Gasteiger partial charge in [-0.2, -0.15) is 0 Å². The summed E-state index contributed by atoms with van der Waals surface area (Å²) >= 11 is 0. The lowest BCUT2D eigenvalue weighted by atomic mass is 9.86. The van der Waals surface area contributed by atoms with E-state index in [1.54, 1.807) is 29.2 Å². The maximum Gasteiger partial charge on any atom is 0.243 e. The normalized spacial score (nSPS) is 18.3. The quantitative estimate of drug-likeness (QED) is 0.728. The van der Waals surface area contributed by atoms with Gasteiger partial charge in [-0.1, -0.05) is 51.1 Å². The van der Waals surface area contributed by atoms with Gasteiger partial charge < -0.3 is 16.0 Å². The fourth-order valence-electron chi connectivity index (χ4n) is 3.96. The maximum atomic E-state index is 14.0. The lowest BCUT2D eigenvalue weighted by Gasteiger charge is -2.33. The number of rotatable bonds is 5. The van der Waals surface area contributed by atoms with Crippen molar-refractivity contribution in [2.45, 2.75) is 58.7 Å². The highest BCUT2D eigenvalue weighted by atomic mass is 19.1. The molecule has 32 heavy (non-hydrogen) atoms. The van der Waals surface area contributed by atoms with Crippen molar-refractivity contribution in [2.24, 2.45) is 11.1 Å². The molecule has 0 bridgehead atoms. The lowest BCUT2D eigenvalue weighted by molar-refractivity contribution is -0.141. The molecule has 1 aliphatic heterocycles. The molecule has 2 aromatic rings. The monoisotopic (exact) mass is 443 g/mol. The average Bonchev–Trinajstić information content (AvgIpc) is 3.22. The molecule has 2 amide bonds. The van der Waals surface area contributed by atoms with Gasteiger partial charge >= 0.3 is 0 Å². The van der Waals surface area contributed by atoms with Crippen LogP contribution in [0, 0.1) is 17.0 Å². The number of hydrogen-bond donors (Lipinski definition) is 2. The van der Waals surface area contributed by atoms with Crippen LogP contribution in [0.4, 0.5) is 8.78 Å². The van der Waals surface area contributed by atoms with Gasteiger partial charge in [0.15, 0.2) is 0 Å². The van der Waals surface area contributed by atoms with E-state index in [2.05, 4.69) is 5.32 Å². The van der Waals surface area contributed by atoms with Crippen LogP contribution in [0.15, 0.2) is 42.5 Å². The molecule has 2 aromatic carbocycles. The average molecular weight is 444 g/mol. The Morgan fingerprint density at radius 3 is 2.25 bits per heavy atom. The van der Waals surface area contributed by atoms with Crippen LogP contribution in [0.3, 0.4) is 0 Å². The minimum absolute atomic E-state index is 0.0777. The third-order valence-corrected chi connectivity index (χ3v) is 6.06. The second-order valence-corrected chi connectivity index (χ2v) is 9.48. The molecule has 0 aliphatic carbocycles. The van der Waals surface area contributed by atoms with Gasteiger partial charge in [-0.05, 0) is 48.4 Å². The predicted octanol–water partition coefficient (Wildman–Crippen LogP) is 4.17. The Morgan fingerprint density at radius 2 is 1.69 bits per heavy atom. The molecule has 1 saturated heterocycles. The number of likely N-dealkylation sites (tertiary alicyclic amines) is 1. The molecular weight excluding hydrogens is 412 g/mol. The molecule has 1 aliphatic rings. The zero-order valence-corrected chi connectivity index (χ0v) is 19.0. The Balaban J connectivity index is 1.69. The number of benzene rings is 2. The molecule has 0 spiro atoms. The number of carbonyl (C=O) groups is 2. The van der Waals surface area contributed by atoms with Crippen LogP contribution < -0.4 is 11.1 Å². The van der Waals surface area contributed by atoms with Crippen LogP contribution in [0.2, 0.25) is 0 Å². The van der Waals surface area contributed by atoms with Crippen molar-refractivity contribution >= 4 is 11.8 Å². The SMILES string of the molecule is C[C@H](NC(=O)[C@@H]1CCCN1C(=O)[C@@H](N)C(C)(C)C)c1ccc(-c2c(F)cccc2F)cc1. The van der Waals surface area contributed by atoms with Gasteiger partial charge in [-0.3, -0.25) is 9.59 Å². The van der Waals surface area contributed by atoms with E-state index in [1.165, 1.54) is 18.2 Å². The highest BCUT2D eigenvalue weighted by Gasteiger charge is 2.39. The lowest BCUT2D eigenvalue weighted by Crippen LogP contribution is -2.55. The molecule has 172 valence electrons. The molecule has 0 unspecified atom stereocenters. The summed E-state index contributed by atoms with van der Waals surface area (Å²) in [5, 5.41) is 2.96. The first-order valence-electron chi connectivity index (χ1n) is 10.9. The summed E-state index contributed by atoms with van der Waals surface area (Å²) in [7, 11) is 0. The fraction of sp³-hybridized carbons (Fsp3) is 0.440. The highest BCUT2D eigenvalue weighted by molar-refractivity contribution is 5.90. The Bertz CT molecular complexity index is 965. The standard InChI is InChI=1S/C25H31F2N3O2/c1-15(16-10-12-17(13-11-16)21-18(26)7-5-8-19(21)27)29-23(31)20-9-6-14-30(20)24(32)22(28)25(2,3)4/h5,7-8,10-13,15,20,22H,6,9,14,28H2,1-4H3,(H,29,31)/t15-,20-,22+/m0/s1. The van der Waals surface area contributed by atoms with Gasteiger partial charge in [-0.15, -0.1) is 0 Å². The third kappa shape index (κ3) is 4.99. The van der Waals surface area contributed by atoms with Crippen LogP contribution >= 0.6 is 0 Å². The zero-order valence-electron chi connectivity index (χ0n) is 19.0. The van der Waals surface area contributed by atoms with Gasteiger partial charge in [0.05, 0.1) is 17.6 Å². The minimum Gasteiger partial charge on any atom is -0.348 e. The van der Waals surface area contributed by atoms with E-state index >= 15 is 0 Å². The van der Waals surface area contributed by atoms with Gasteiger partial charge in [0.1, 0.15) is 17.7 Å². The maximum absolute atomic E-state index is 14.0. The van der Waals surface area contributed by atoms with Crippen molar-refractivity contribution in [3.63, 3.8) is 0 Å². The first kappa shape index (κ1) is 23.9. The van der Waals surface area contributed by atoms with Crippen molar-refractivity contribution in [3.8, 4) is 11.1 Å². The predicted molar refractivity (Wildman–Crippen MR) is 121 cm³/mol. The summed E-state index contributed by atoms with van der Waals surface area (Å²) in [5.74, 6) is -1.69. The van der Waals surface area contributed by atoms with Crippen LogP contribution in [-0.2, 0) is 9.59 Å². The minimum atomic E-state index is -0.681. The fourth-order valence-corrected chi connectivity index (χ4v) is 3.96. The second kappa shape index (κ2) is 9.36. The van der Waals surface area contributed by atoms with E-state index in [4.69, 9.17) is 5.73 Å². The Hall–Kier alpha value is -2.80. The number of amides is 2. The molecule has 0 saturated carbocycles. The number of nitrogens with two attached hydrogens (primary N) is 1. The zero-order chi connectivity index (χ0) is 23.6. The van der Waals surface area contributed by atoms with Crippen LogP contribution in [0.1, 0.15) is 52.1 Å². The largest absolute Gasteiger partial charge is 0.348 e. The summed E-state index contributed by atoms with van der Waals surface area (Å²) in [6, 6.07) is 8.93. The number of halogens is 2. The van der Waals surface area contributed by atoms with E-state index in [1.807, 2.05) is 27.7 Å².